The molecular formula is C18H23N3O4. The maximum atomic E-state index is 12.5. The zero-order valence-electron chi connectivity index (χ0n) is 14.3. The maximum absolute atomic E-state index is 12.5. The van der Waals surface area contributed by atoms with Crippen molar-refractivity contribution in [1.82, 2.24) is 15.2 Å². The molecule has 0 spiro atoms. The molecule has 2 aromatic rings. The van der Waals surface area contributed by atoms with Crippen molar-refractivity contribution in [2.45, 2.75) is 19.0 Å². The number of aromatic nitrogens is 1. The molecule has 3 rings (SSSR count). The average Bonchev–Trinajstić information content (AvgIpc) is 3.14. The summed E-state index contributed by atoms with van der Waals surface area (Å²) < 4.78 is 16.3. The van der Waals surface area contributed by atoms with E-state index in [-0.39, 0.29) is 18.6 Å². The second-order valence-electron chi connectivity index (χ2n) is 5.85. The zero-order valence-corrected chi connectivity index (χ0v) is 14.3. The monoisotopic (exact) mass is 345 g/mol. The minimum Gasteiger partial charge on any atom is -0.439 e. The lowest BCUT2D eigenvalue weighted by atomic mass is 10.2. The molecule has 1 fully saturated rings. The fourth-order valence-corrected chi connectivity index (χ4v) is 2.80. The van der Waals surface area contributed by atoms with E-state index in [0.29, 0.717) is 38.0 Å². The Morgan fingerprint density at radius 1 is 1.40 bits per heavy atom. The van der Waals surface area contributed by atoms with Crippen molar-refractivity contribution in [3.05, 3.63) is 42.4 Å². The lowest BCUT2D eigenvalue weighted by molar-refractivity contribution is 0.00150. The molecule has 2 amide bonds. The summed E-state index contributed by atoms with van der Waals surface area (Å²) >= 11 is 0. The van der Waals surface area contributed by atoms with Crippen molar-refractivity contribution in [2.75, 3.05) is 33.5 Å². The van der Waals surface area contributed by atoms with Gasteiger partial charge in [-0.05, 0) is 6.42 Å². The first-order valence-electron chi connectivity index (χ1n) is 8.39. The van der Waals surface area contributed by atoms with Gasteiger partial charge in [-0.25, -0.2) is 9.78 Å². The van der Waals surface area contributed by atoms with Gasteiger partial charge < -0.3 is 24.1 Å². The third kappa shape index (κ3) is 4.58. The van der Waals surface area contributed by atoms with Crippen molar-refractivity contribution in [2.24, 2.45) is 0 Å². The first-order chi connectivity index (χ1) is 12.3. The molecule has 134 valence electrons. The van der Waals surface area contributed by atoms with Crippen LogP contribution in [0.5, 0.6) is 0 Å². The fraction of sp³-hybridized carbons (Fsp3) is 0.444. The molecule has 1 N–H and O–H groups in total. The summed E-state index contributed by atoms with van der Waals surface area (Å²) in [6, 6.07) is 9.63. The normalized spacial score (nSPS) is 17.5. The van der Waals surface area contributed by atoms with Gasteiger partial charge in [0.15, 0.2) is 5.76 Å². The maximum Gasteiger partial charge on any atom is 0.318 e. The predicted octanol–water partition coefficient (Wildman–Crippen LogP) is 2.29. The number of amides is 2. The Morgan fingerprint density at radius 2 is 2.24 bits per heavy atom. The van der Waals surface area contributed by atoms with Crippen molar-refractivity contribution < 1.29 is 18.7 Å². The van der Waals surface area contributed by atoms with Crippen molar-refractivity contribution in [3.63, 3.8) is 0 Å². The number of carbonyl (C=O) groups is 1. The number of morpholine rings is 1. The van der Waals surface area contributed by atoms with Gasteiger partial charge in [0.25, 0.3) is 0 Å². The Hall–Kier alpha value is -2.38. The zero-order chi connectivity index (χ0) is 17.5. The molecule has 0 saturated carbocycles. The highest BCUT2D eigenvalue weighted by molar-refractivity contribution is 5.74. The van der Waals surface area contributed by atoms with Gasteiger partial charge in [-0.1, -0.05) is 30.3 Å². The topological polar surface area (TPSA) is 76.8 Å². The predicted molar refractivity (Wildman–Crippen MR) is 92.0 cm³/mol. The molecular weight excluding hydrogens is 322 g/mol. The minimum absolute atomic E-state index is 0.0261. The van der Waals surface area contributed by atoms with E-state index in [0.717, 1.165) is 12.0 Å². The summed E-state index contributed by atoms with van der Waals surface area (Å²) in [6.45, 7) is 2.50. The van der Waals surface area contributed by atoms with Gasteiger partial charge in [0, 0.05) is 25.8 Å². The summed E-state index contributed by atoms with van der Waals surface area (Å²) in [4.78, 5) is 18.5. The second kappa shape index (κ2) is 8.64. The van der Waals surface area contributed by atoms with Crippen LogP contribution in [-0.2, 0) is 16.0 Å². The Bertz CT molecular complexity index is 674. The van der Waals surface area contributed by atoms with Crippen LogP contribution in [0.2, 0.25) is 0 Å². The number of urea groups is 1. The first kappa shape index (κ1) is 17.4. The molecule has 2 heterocycles. The number of hydrogen-bond donors (Lipinski definition) is 1. The standard InChI is InChI=1S/C18H23N3O4/c1-23-9-7-15-13-24-10-8-21(15)18(22)20-12-17-19-11-16(25-17)14-5-3-2-4-6-14/h2-6,11,15H,7-10,12-13H2,1H3,(H,20,22). The van der Waals surface area contributed by atoms with Crippen LogP contribution in [0.4, 0.5) is 4.79 Å². The van der Waals surface area contributed by atoms with Crippen LogP contribution in [0.15, 0.2) is 40.9 Å². The van der Waals surface area contributed by atoms with Gasteiger partial charge in [-0.3, -0.25) is 0 Å². The van der Waals surface area contributed by atoms with Crippen molar-refractivity contribution >= 4 is 6.03 Å². The van der Waals surface area contributed by atoms with Crippen LogP contribution in [0.25, 0.3) is 11.3 Å². The first-order valence-corrected chi connectivity index (χ1v) is 8.39. The number of carbonyl (C=O) groups excluding carboxylic acids is 1. The van der Waals surface area contributed by atoms with Crippen LogP contribution in [0, 0.1) is 0 Å². The van der Waals surface area contributed by atoms with E-state index in [2.05, 4.69) is 10.3 Å². The van der Waals surface area contributed by atoms with Crippen LogP contribution in [0.1, 0.15) is 12.3 Å². The van der Waals surface area contributed by atoms with Gasteiger partial charge in [0.1, 0.15) is 0 Å². The molecule has 1 aliphatic rings. The molecule has 0 bridgehead atoms. The van der Waals surface area contributed by atoms with Crippen LogP contribution in [-0.4, -0.2) is 55.4 Å². The Kier molecular flexibility index (Phi) is 6.03. The van der Waals surface area contributed by atoms with Gasteiger partial charge in [0.05, 0.1) is 32.0 Å². The smallest absolute Gasteiger partial charge is 0.318 e. The molecule has 1 aliphatic heterocycles. The molecule has 1 unspecified atom stereocenters. The van der Waals surface area contributed by atoms with Crippen molar-refractivity contribution in [1.29, 1.82) is 0 Å². The molecule has 7 nitrogen and oxygen atoms in total. The van der Waals surface area contributed by atoms with Crippen LogP contribution < -0.4 is 5.32 Å². The van der Waals surface area contributed by atoms with Crippen LogP contribution >= 0.6 is 0 Å². The molecule has 1 atom stereocenters. The van der Waals surface area contributed by atoms with Gasteiger partial charge in [0.2, 0.25) is 5.89 Å². The molecule has 0 aliphatic carbocycles. The largest absolute Gasteiger partial charge is 0.439 e. The highest BCUT2D eigenvalue weighted by atomic mass is 16.5. The summed E-state index contributed by atoms with van der Waals surface area (Å²) in [5.41, 5.74) is 0.959. The Morgan fingerprint density at radius 3 is 3.04 bits per heavy atom. The number of oxazole rings is 1. The quantitative estimate of drug-likeness (QED) is 0.869. The number of nitrogens with one attached hydrogen (secondary N) is 1. The second-order valence-corrected chi connectivity index (χ2v) is 5.85. The van der Waals surface area contributed by atoms with Gasteiger partial charge in [-0.15, -0.1) is 0 Å². The lowest BCUT2D eigenvalue weighted by Crippen LogP contribution is -2.52. The molecule has 1 aromatic carbocycles. The van der Waals surface area contributed by atoms with Gasteiger partial charge >= 0.3 is 6.03 Å². The number of methoxy groups -OCH3 is 1. The highest BCUT2D eigenvalue weighted by Crippen LogP contribution is 2.19. The van der Waals surface area contributed by atoms with E-state index < -0.39 is 0 Å². The number of ether oxygens (including phenoxy) is 2. The number of nitrogens with zero attached hydrogens (tertiary/aromatic N) is 2. The number of rotatable bonds is 6. The molecule has 0 radical (unpaired) electrons. The molecule has 7 heteroatoms. The van der Waals surface area contributed by atoms with E-state index in [4.69, 9.17) is 13.9 Å². The summed E-state index contributed by atoms with van der Waals surface area (Å²) in [5.74, 6) is 1.17. The van der Waals surface area contributed by atoms with Crippen LogP contribution in [0.3, 0.4) is 0 Å². The number of benzene rings is 1. The van der Waals surface area contributed by atoms with E-state index in [1.807, 2.05) is 30.3 Å². The SMILES string of the molecule is COCCC1COCCN1C(=O)NCc1ncc(-c2ccccc2)o1. The third-order valence-electron chi connectivity index (χ3n) is 4.15. The molecule has 1 saturated heterocycles. The third-order valence-corrected chi connectivity index (χ3v) is 4.15. The Balaban J connectivity index is 1.55. The van der Waals surface area contributed by atoms with Crippen molar-refractivity contribution in [3.8, 4) is 11.3 Å². The fourth-order valence-electron chi connectivity index (χ4n) is 2.80. The minimum atomic E-state index is -0.135. The van der Waals surface area contributed by atoms with E-state index in [1.165, 1.54) is 0 Å². The average molecular weight is 345 g/mol. The molecule has 1 aromatic heterocycles. The number of hydrogen-bond acceptors (Lipinski definition) is 5. The Labute approximate surface area is 146 Å². The van der Waals surface area contributed by atoms with E-state index in [1.54, 1.807) is 18.2 Å². The lowest BCUT2D eigenvalue weighted by Gasteiger charge is -2.35. The van der Waals surface area contributed by atoms with E-state index in [9.17, 15) is 4.79 Å². The molecule has 25 heavy (non-hydrogen) atoms. The highest BCUT2D eigenvalue weighted by Gasteiger charge is 2.27. The summed E-state index contributed by atoms with van der Waals surface area (Å²) in [7, 11) is 1.65. The van der Waals surface area contributed by atoms with Gasteiger partial charge in [-0.2, -0.15) is 0 Å². The van der Waals surface area contributed by atoms with E-state index >= 15 is 0 Å². The summed E-state index contributed by atoms with van der Waals surface area (Å²) in [5, 5.41) is 2.87. The summed E-state index contributed by atoms with van der Waals surface area (Å²) in [6.07, 6.45) is 2.42.